The molecule has 0 aromatic carbocycles. The van der Waals surface area contributed by atoms with Crippen molar-refractivity contribution in [3.05, 3.63) is 22.7 Å². The highest BCUT2D eigenvalue weighted by Gasteiger charge is 2.26. The molecule has 18 heavy (non-hydrogen) atoms. The van der Waals surface area contributed by atoms with Crippen LogP contribution >= 0.6 is 15.9 Å². The van der Waals surface area contributed by atoms with Crippen LogP contribution in [-0.2, 0) is 16.4 Å². The fraction of sp³-hybridized carbons (Fsp3) is 0.636. The van der Waals surface area contributed by atoms with Crippen molar-refractivity contribution in [2.24, 2.45) is 5.92 Å². The third-order valence-corrected chi connectivity index (χ3v) is 4.80. The summed E-state index contributed by atoms with van der Waals surface area (Å²) in [7, 11) is -3.07. The van der Waals surface area contributed by atoms with E-state index in [0.717, 1.165) is 25.0 Å². The van der Waals surface area contributed by atoms with Crippen LogP contribution in [0.4, 0.5) is 0 Å². The van der Waals surface area contributed by atoms with Gasteiger partial charge in [-0.1, -0.05) is 0 Å². The van der Waals surface area contributed by atoms with E-state index in [0.29, 0.717) is 23.6 Å². The number of hydrogen-bond donors (Lipinski definition) is 0. The van der Waals surface area contributed by atoms with Gasteiger partial charge in [-0.2, -0.15) is 0 Å². The van der Waals surface area contributed by atoms with Crippen LogP contribution in [0.25, 0.3) is 0 Å². The Labute approximate surface area is 116 Å². The molecular formula is C11H16BrN3O2S. The Kier molecular flexibility index (Phi) is 4.34. The van der Waals surface area contributed by atoms with E-state index >= 15 is 0 Å². The number of nitrogens with zero attached hydrogens (tertiary/aromatic N) is 3. The van der Waals surface area contributed by atoms with Crippen LogP contribution in [0.1, 0.15) is 18.5 Å². The van der Waals surface area contributed by atoms with Gasteiger partial charge in [0.1, 0.15) is 4.60 Å². The Balaban J connectivity index is 2.00. The summed E-state index contributed by atoms with van der Waals surface area (Å²) in [5.41, 5.74) is 0.915. The fourth-order valence-corrected chi connectivity index (χ4v) is 3.38. The summed E-state index contributed by atoms with van der Waals surface area (Å²) >= 11 is 3.25. The predicted molar refractivity (Wildman–Crippen MR) is 72.6 cm³/mol. The molecule has 1 atom stereocenters. The van der Waals surface area contributed by atoms with Gasteiger partial charge in [-0.15, -0.1) is 0 Å². The maximum Gasteiger partial charge on any atom is 0.211 e. The van der Waals surface area contributed by atoms with E-state index in [1.807, 2.05) is 0 Å². The second-order valence-corrected chi connectivity index (χ2v) is 7.46. The van der Waals surface area contributed by atoms with Crippen molar-refractivity contribution < 1.29 is 8.42 Å². The smallest absolute Gasteiger partial charge is 0.211 e. The van der Waals surface area contributed by atoms with Crippen LogP contribution < -0.4 is 0 Å². The van der Waals surface area contributed by atoms with Crippen LogP contribution in [0.3, 0.4) is 0 Å². The molecule has 0 spiro atoms. The van der Waals surface area contributed by atoms with Crippen LogP contribution in [0.2, 0.25) is 0 Å². The molecule has 1 aliphatic rings. The molecule has 0 radical (unpaired) electrons. The number of sulfonamides is 1. The molecule has 1 saturated heterocycles. The Morgan fingerprint density at radius 1 is 1.44 bits per heavy atom. The SMILES string of the molecule is CS(=O)(=O)N1CCC[C@@H](Cc2cnc(Br)cn2)C1. The molecule has 1 fully saturated rings. The predicted octanol–water partition coefficient (Wildman–Crippen LogP) is 1.45. The van der Waals surface area contributed by atoms with Crippen molar-refractivity contribution >= 4 is 26.0 Å². The van der Waals surface area contributed by atoms with Crippen molar-refractivity contribution in [1.82, 2.24) is 14.3 Å². The highest BCUT2D eigenvalue weighted by Crippen LogP contribution is 2.21. The van der Waals surface area contributed by atoms with Gasteiger partial charge >= 0.3 is 0 Å². The van der Waals surface area contributed by atoms with Gasteiger partial charge in [0.15, 0.2) is 0 Å². The maximum atomic E-state index is 11.5. The minimum Gasteiger partial charge on any atom is -0.257 e. The number of aromatic nitrogens is 2. The Morgan fingerprint density at radius 3 is 2.83 bits per heavy atom. The lowest BCUT2D eigenvalue weighted by Gasteiger charge is -2.30. The number of halogens is 1. The molecule has 0 amide bonds. The van der Waals surface area contributed by atoms with Gasteiger partial charge in [0, 0.05) is 19.3 Å². The zero-order valence-electron chi connectivity index (χ0n) is 10.2. The standard InChI is InChI=1S/C11H16BrN3O2S/c1-18(16,17)15-4-2-3-9(8-15)5-10-6-14-11(12)7-13-10/h6-7,9H,2-5,8H2,1H3/t9-/m0/s1. The lowest BCUT2D eigenvalue weighted by atomic mass is 9.95. The van der Waals surface area contributed by atoms with Crippen molar-refractivity contribution in [2.45, 2.75) is 19.3 Å². The molecule has 2 heterocycles. The molecule has 0 N–H and O–H groups in total. The first kappa shape index (κ1) is 13.9. The fourth-order valence-electron chi connectivity index (χ4n) is 2.23. The lowest BCUT2D eigenvalue weighted by Crippen LogP contribution is -2.39. The largest absolute Gasteiger partial charge is 0.257 e. The van der Waals surface area contributed by atoms with Crippen LogP contribution in [0.5, 0.6) is 0 Å². The van der Waals surface area contributed by atoms with E-state index in [1.165, 1.54) is 6.26 Å². The summed E-state index contributed by atoms with van der Waals surface area (Å²) in [5.74, 6) is 0.337. The minimum atomic E-state index is -3.07. The summed E-state index contributed by atoms with van der Waals surface area (Å²) in [6.45, 7) is 1.23. The Hall–Kier alpha value is -0.530. The van der Waals surface area contributed by atoms with E-state index in [1.54, 1.807) is 16.7 Å². The molecule has 7 heteroatoms. The van der Waals surface area contributed by atoms with Gasteiger partial charge in [0.05, 0.1) is 18.1 Å². The van der Waals surface area contributed by atoms with E-state index in [-0.39, 0.29) is 0 Å². The highest BCUT2D eigenvalue weighted by molar-refractivity contribution is 9.10. The third kappa shape index (κ3) is 3.73. The van der Waals surface area contributed by atoms with Gasteiger partial charge in [-0.25, -0.2) is 17.7 Å². The first-order chi connectivity index (χ1) is 8.45. The van der Waals surface area contributed by atoms with E-state index in [4.69, 9.17) is 0 Å². The van der Waals surface area contributed by atoms with Crippen molar-refractivity contribution in [1.29, 1.82) is 0 Å². The molecule has 0 bridgehead atoms. The van der Waals surface area contributed by atoms with Gasteiger partial charge in [-0.05, 0) is 41.1 Å². The molecule has 1 aromatic heterocycles. The van der Waals surface area contributed by atoms with E-state index < -0.39 is 10.0 Å². The number of piperidine rings is 1. The molecule has 1 aliphatic heterocycles. The highest BCUT2D eigenvalue weighted by atomic mass is 79.9. The van der Waals surface area contributed by atoms with Gasteiger partial charge in [0.2, 0.25) is 10.0 Å². The van der Waals surface area contributed by atoms with E-state index in [9.17, 15) is 8.42 Å². The molecule has 2 rings (SSSR count). The van der Waals surface area contributed by atoms with E-state index in [2.05, 4.69) is 25.9 Å². The Morgan fingerprint density at radius 2 is 2.22 bits per heavy atom. The zero-order valence-corrected chi connectivity index (χ0v) is 12.6. The lowest BCUT2D eigenvalue weighted by molar-refractivity contribution is 0.265. The monoisotopic (exact) mass is 333 g/mol. The summed E-state index contributed by atoms with van der Waals surface area (Å²) in [5, 5.41) is 0. The molecule has 100 valence electrons. The van der Waals surface area contributed by atoms with Crippen molar-refractivity contribution in [3.8, 4) is 0 Å². The van der Waals surface area contributed by atoms with Gasteiger partial charge < -0.3 is 0 Å². The summed E-state index contributed by atoms with van der Waals surface area (Å²) in [4.78, 5) is 8.42. The Bertz CT molecular complexity index is 504. The average molecular weight is 334 g/mol. The second-order valence-electron chi connectivity index (χ2n) is 4.66. The van der Waals surface area contributed by atoms with Crippen LogP contribution in [0.15, 0.2) is 17.0 Å². The van der Waals surface area contributed by atoms with Crippen molar-refractivity contribution in [3.63, 3.8) is 0 Å². The second kappa shape index (κ2) is 5.63. The third-order valence-electron chi connectivity index (χ3n) is 3.12. The van der Waals surface area contributed by atoms with Crippen molar-refractivity contribution in [2.75, 3.05) is 19.3 Å². The quantitative estimate of drug-likeness (QED) is 0.839. The van der Waals surface area contributed by atoms with Crippen LogP contribution in [0, 0.1) is 5.92 Å². The first-order valence-corrected chi connectivity index (χ1v) is 8.51. The molecule has 5 nitrogen and oxygen atoms in total. The maximum absolute atomic E-state index is 11.5. The summed E-state index contributed by atoms with van der Waals surface area (Å²) < 4.78 is 25.3. The molecule has 0 aliphatic carbocycles. The first-order valence-electron chi connectivity index (χ1n) is 5.86. The number of rotatable bonds is 3. The zero-order chi connectivity index (χ0) is 13.2. The normalized spacial score (nSPS) is 22.0. The van der Waals surface area contributed by atoms with Crippen LogP contribution in [-0.4, -0.2) is 42.0 Å². The topological polar surface area (TPSA) is 63.2 Å². The summed E-state index contributed by atoms with van der Waals surface area (Å²) in [6, 6.07) is 0. The summed E-state index contributed by atoms with van der Waals surface area (Å²) in [6.07, 6.45) is 7.43. The molecule has 0 saturated carbocycles. The molecule has 0 unspecified atom stereocenters. The number of hydrogen-bond acceptors (Lipinski definition) is 4. The van der Waals surface area contributed by atoms with Gasteiger partial charge in [-0.3, -0.25) is 4.98 Å². The minimum absolute atomic E-state index is 0.337. The molecule has 1 aromatic rings. The van der Waals surface area contributed by atoms with Gasteiger partial charge in [0.25, 0.3) is 0 Å². The molecular weight excluding hydrogens is 318 g/mol. The average Bonchev–Trinajstić information content (AvgIpc) is 2.31.